The molecule has 28 heavy (non-hydrogen) atoms. The molecule has 0 unspecified atom stereocenters. The van der Waals surface area contributed by atoms with Crippen LogP contribution in [0.2, 0.25) is 0 Å². The number of hydrogen-bond acceptors (Lipinski definition) is 4. The van der Waals surface area contributed by atoms with Crippen LogP contribution in [0, 0.1) is 11.8 Å². The van der Waals surface area contributed by atoms with E-state index in [1.165, 1.54) is 0 Å². The number of carbonyl (C=O) groups is 2. The molecule has 4 atom stereocenters. The van der Waals surface area contributed by atoms with Gasteiger partial charge in [-0.2, -0.15) is 0 Å². The maximum Gasteiger partial charge on any atom is 0.314 e. The number of amides is 4. The molecule has 4 N–H and O–H groups in total. The number of nitrogens with one attached hydrogen (secondary N) is 4. The molecule has 1 aliphatic carbocycles. The summed E-state index contributed by atoms with van der Waals surface area (Å²) in [6.45, 7) is 4.17. The molecule has 0 aromatic carbocycles. The molecule has 3 fully saturated rings. The van der Waals surface area contributed by atoms with Crippen LogP contribution in [0.25, 0.3) is 0 Å². The minimum Gasteiger partial charge on any atom is -0.376 e. The first-order valence-electron chi connectivity index (χ1n) is 11.0. The van der Waals surface area contributed by atoms with E-state index in [1.807, 2.05) is 0 Å². The molecule has 0 aromatic heterocycles. The minimum atomic E-state index is -0.107. The molecule has 8 nitrogen and oxygen atoms in total. The Morgan fingerprint density at radius 3 is 1.54 bits per heavy atom. The highest BCUT2D eigenvalue weighted by molar-refractivity contribution is 5.74. The van der Waals surface area contributed by atoms with Gasteiger partial charge in [-0.25, -0.2) is 9.59 Å². The quantitative estimate of drug-likeness (QED) is 0.502. The van der Waals surface area contributed by atoms with Crippen LogP contribution >= 0.6 is 0 Å². The summed E-state index contributed by atoms with van der Waals surface area (Å²) in [6.07, 6.45) is 9.00. The van der Waals surface area contributed by atoms with Gasteiger partial charge in [0.15, 0.2) is 0 Å². The lowest BCUT2D eigenvalue weighted by atomic mass is 9.81. The molecular formula is C20H36N4O4. The van der Waals surface area contributed by atoms with Crippen molar-refractivity contribution in [3.05, 3.63) is 0 Å². The van der Waals surface area contributed by atoms with Crippen LogP contribution in [0.5, 0.6) is 0 Å². The van der Waals surface area contributed by atoms with Crippen molar-refractivity contribution in [3.8, 4) is 0 Å². The van der Waals surface area contributed by atoms with Crippen molar-refractivity contribution in [1.82, 2.24) is 21.3 Å². The molecule has 1 saturated carbocycles. The molecule has 0 aromatic rings. The third kappa shape index (κ3) is 7.47. The summed E-state index contributed by atoms with van der Waals surface area (Å²) in [5.74, 6) is 0.952. The van der Waals surface area contributed by atoms with Gasteiger partial charge >= 0.3 is 12.1 Å². The van der Waals surface area contributed by atoms with E-state index in [0.717, 1.165) is 64.6 Å². The highest BCUT2D eigenvalue weighted by atomic mass is 16.5. The summed E-state index contributed by atoms with van der Waals surface area (Å²) in [4.78, 5) is 23.9. The SMILES string of the molecule is O=C(NC[C@H]1CCC[C@H](CNC(=O)NC[C@@H]2CCCO2)C1)NC[C@@H]1CCCO1. The predicted molar refractivity (Wildman–Crippen MR) is 106 cm³/mol. The van der Waals surface area contributed by atoms with Crippen molar-refractivity contribution in [2.24, 2.45) is 11.8 Å². The van der Waals surface area contributed by atoms with Crippen molar-refractivity contribution in [1.29, 1.82) is 0 Å². The van der Waals surface area contributed by atoms with Gasteiger partial charge in [-0.05, 0) is 56.8 Å². The van der Waals surface area contributed by atoms with Gasteiger partial charge in [-0.15, -0.1) is 0 Å². The lowest BCUT2D eigenvalue weighted by molar-refractivity contribution is 0.111. The van der Waals surface area contributed by atoms with Crippen LogP contribution in [-0.4, -0.2) is 63.7 Å². The van der Waals surface area contributed by atoms with Crippen molar-refractivity contribution in [2.75, 3.05) is 39.4 Å². The van der Waals surface area contributed by atoms with Gasteiger partial charge in [-0.1, -0.05) is 6.42 Å². The van der Waals surface area contributed by atoms with Gasteiger partial charge in [0.2, 0.25) is 0 Å². The van der Waals surface area contributed by atoms with E-state index in [9.17, 15) is 9.59 Å². The van der Waals surface area contributed by atoms with Crippen LogP contribution in [0.3, 0.4) is 0 Å². The van der Waals surface area contributed by atoms with Gasteiger partial charge in [0, 0.05) is 39.4 Å². The molecule has 8 heteroatoms. The van der Waals surface area contributed by atoms with Gasteiger partial charge in [-0.3, -0.25) is 0 Å². The van der Waals surface area contributed by atoms with E-state index in [0.29, 0.717) is 38.0 Å². The average molecular weight is 397 g/mol. The first-order chi connectivity index (χ1) is 13.7. The highest BCUT2D eigenvalue weighted by Gasteiger charge is 2.23. The summed E-state index contributed by atoms with van der Waals surface area (Å²) in [5.41, 5.74) is 0. The molecular weight excluding hydrogens is 360 g/mol. The Morgan fingerprint density at radius 1 is 0.643 bits per heavy atom. The fourth-order valence-corrected chi connectivity index (χ4v) is 4.40. The van der Waals surface area contributed by atoms with Gasteiger partial charge < -0.3 is 30.7 Å². The topological polar surface area (TPSA) is 101 Å². The number of carbonyl (C=O) groups excluding carboxylic acids is 2. The van der Waals surface area contributed by atoms with Crippen molar-refractivity contribution in [2.45, 2.75) is 63.6 Å². The maximum atomic E-state index is 12.0. The summed E-state index contributed by atoms with van der Waals surface area (Å²) in [7, 11) is 0. The Labute approximate surface area is 167 Å². The van der Waals surface area contributed by atoms with Crippen molar-refractivity contribution in [3.63, 3.8) is 0 Å². The number of rotatable bonds is 8. The van der Waals surface area contributed by atoms with E-state index in [4.69, 9.17) is 9.47 Å². The Hall–Kier alpha value is -1.54. The molecule has 3 aliphatic rings. The van der Waals surface area contributed by atoms with Crippen molar-refractivity contribution >= 4 is 12.1 Å². The van der Waals surface area contributed by atoms with E-state index in [2.05, 4.69) is 21.3 Å². The second kappa shape index (κ2) is 11.5. The van der Waals surface area contributed by atoms with E-state index in [1.54, 1.807) is 0 Å². The molecule has 2 heterocycles. The first kappa shape index (κ1) is 21.2. The van der Waals surface area contributed by atoms with E-state index >= 15 is 0 Å². The van der Waals surface area contributed by atoms with E-state index in [-0.39, 0.29) is 24.3 Å². The molecule has 160 valence electrons. The van der Waals surface area contributed by atoms with Gasteiger partial charge in [0.25, 0.3) is 0 Å². The highest BCUT2D eigenvalue weighted by Crippen LogP contribution is 2.28. The van der Waals surface area contributed by atoms with Crippen LogP contribution in [0.4, 0.5) is 9.59 Å². The molecule has 2 aliphatic heterocycles. The fourth-order valence-electron chi connectivity index (χ4n) is 4.40. The fraction of sp³-hybridized carbons (Fsp3) is 0.900. The molecule has 4 amide bonds. The molecule has 2 saturated heterocycles. The standard InChI is InChI=1S/C20H36N4O4/c25-19(23-13-17-6-2-8-27-17)21-11-15-4-1-5-16(10-15)12-22-20(26)24-14-18-7-3-9-28-18/h15-18H,1-14H2,(H2,21,23,25)(H2,22,24,26)/t15-,16-,17-,18-/m0/s1. The smallest absolute Gasteiger partial charge is 0.314 e. The Balaban J connectivity index is 1.24. The third-order valence-corrected chi connectivity index (χ3v) is 6.02. The van der Waals surface area contributed by atoms with Crippen LogP contribution in [0.1, 0.15) is 51.4 Å². The second-order valence-electron chi connectivity index (χ2n) is 8.35. The van der Waals surface area contributed by atoms with Crippen LogP contribution in [0.15, 0.2) is 0 Å². The monoisotopic (exact) mass is 396 g/mol. The lowest BCUT2D eigenvalue weighted by Crippen LogP contribution is -2.43. The molecule has 0 spiro atoms. The van der Waals surface area contributed by atoms with Gasteiger partial charge in [0.05, 0.1) is 12.2 Å². The van der Waals surface area contributed by atoms with Crippen LogP contribution in [-0.2, 0) is 9.47 Å². The summed E-state index contributed by atoms with van der Waals surface area (Å²) >= 11 is 0. The first-order valence-corrected chi connectivity index (χ1v) is 11.0. The zero-order valence-corrected chi connectivity index (χ0v) is 16.8. The Bertz CT molecular complexity index is 451. The molecule has 0 bridgehead atoms. The largest absolute Gasteiger partial charge is 0.376 e. The zero-order valence-electron chi connectivity index (χ0n) is 16.8. The van der Waals surface area contributed by atoms with Crippen molar-refractivity contribution < 1.29 is 19.1 Å². The zero-order chi connectivity index (χ0) is 19.6. The van der Waals surface area contributed by atoms with Crippen LogP contribution < -0.4 is 21.3 Å². The minimum absolute atomic E-state index is 0.107. The number of hydrogen-bond donors (Lipinski definition) is 4. The summed E-state index contributed by atoms with van der Waals surface area (Å²) in [5, 5.41) is 11.8. The van der Waals surface area contributed by atoms with Gasteiger partial charge in [0.1, 0.15) is 0 Å². The Morgan fingerprint density at radius 2 is 1.11 bits per heavy atom. The third-order valence-electron chi connectivity index (χ3n) is 6.02. The maximum absolute atomic E-state index is 12.0. The number of ether oxygens (including phenoxy) is 2. The summed E-state index contributed by atoms with van der Waals surface area (Å²) < 4.78 is 11.0. The summed E-state index contributed by atoms with van der Waals surface area (Å²) in [6, 6.07) is -0.214. The molecule has 3 rings (SSSR count). The average Bonchev–Trinajstić information content (AvgIpc) is 3.42. The predicted octanol–water partition coefficient (Wildman–Crippen LogP) is 1.75. The Kier molecular flexibility index (Phi) is 8.67. The van der Waals surface area contributed by atoms with E-state index < -0.39 is 0 Å². The second-order valence-corrected chi connectivity index (χ2v) is 8.35. The lowest BCUT2D eigenvalue weighted by Gasteiger charge is -2.29. The molecule has 0 radical (unpaired) electrons. The number of urea groups is 2. The normalized spacial score (nSPS) is 30.0.